The fourth-order valence-electron chi connectivity index (χ4n) is 1.33. The Balaban J connectivity index is 2.20. The van der Waals surface area contributed by atoms with Crippen LogP contribution in [0.5, 0.6) is 0 Å². The van der Waals surface area contributed by atoms with E-state index in [1.807, 2.05) is 7.85 Å². The minimum atomic E-state index is 0.282. The highest BCUT2D eigenvalue weighted by Gasteiger charge is 2.25. The van der Waals surface area contributed by atoms with Crippen LogP contribution >= 0.6 is 0 Å². The quantitative estimate of drug-likeness (QED) is 0.402. The lowest BCUT2D eigenvalue weighted by Gasteiger charge is -2.14. The Morgan fingerprint density at radius 3 is 3.50 bits per heavy atom. The molecule has 3 nitrogen and oxygen atoms in total. The third kappa shape index (κ3) is 0.894. The molecule has 2 unspecified atom stereocenters. The normalized spacial score (nSPS) is 37.4. The molecule has 2 rings (SSSR count). The Labute approximate surface area is 61.0 Å². The van der Waals surface area contributed by atoms with Gasteiger partial charge in [-0.1, -0.05) is 12.2 Å². The summed E-state index contributed by atoms with van der Waals surface area (Å²) in [7, 11) is 2.02. The van der Waals surface area contributed by atoms with Crippen LogP contribution in [0.25, 0.3) is 0 Å². The van der Waals surface area contributed by atoms with Gasteiger partial charge in [0.2, 0.25) is 0 Å². The summed E-state index contributed by atoms with van der Waals surface area (Å²) in [6.07, 6.45) is 4.57. The molecule has 2 N–H and O–H groups in total. The van der Waals surface area contributed by atoms with Crippen LogP contribution in [0.1, 0.15) is 0 Å². The first-order chi connectivity index (χ1) is 4.86. The van der Waals surface area contributed by atoms with Gasteiger partial charge in [0.25, 0.3) is 0 Å². The predicted octanol–water partition coefficient (Wildman–Crippen LogP) is -1.36. The maximum absolute atomic E-state index is 4.40. The number of rotatable bonds is 0. The van der Waals surface area contributed by atoms with E-state index in [0.717, 1.165) is 12.2 Å². The van der Waals surface area contributed by atoms with Crippen LogP contribution in [0.3, 0.4) is 0 Å². The van der Waals surface area contributed by atoms with Crippen molar-refractivity contribution in [2.24, 2.45) is 10.9 Å². The Kier molecular flexibility index (Phi) is 1.36. The highest BCUT2D eigenvalue weighted by Crippen LogP contribution is 2.14. The standard InChI is InChI=1S/C6H10BN3/c7-5-2-1-4-3-8-10-6(4)9-5/h1-2,4,6,8,10H,3,7H2. The maximum atomic E-state index is 4.40. The fourth-order valence-corrected chi connectivity index (χ4v) is 1.33. The summed E-state index contributed by atoms with van der Waals surface area (Å²) < 4.78 is 0. The molecule has 1 fully saturated rings. The van der Waals surface area contributed by atoms with Crippen molar-refractivity contribution in [3.05, 3.63) is 12.2 Å². The second kappa shape index (κ2) is 2.22. The van der Waals surface area contributed by atoms with Gasteiger partial charge in [0, 0.05) is 12.5 Å². The molecule has 0 aromatic carbocycles. The molecule has 4 heteroatoms. The first kappa shape index (κ1) is 6.13. The summed E-state index contributed by atoms with van der Waals surface area (Å²) in [6.45, 7) is 0.998. The van der Waals surface area contributed by atoms with Crippen molar-refractivity contribution in [3.63, 3.8) is 0 Å². The predicted molar refractivity (Wildman–Crippen MR) is 43.5 cm³/mol. The summed E-state index contributed by atoms with van der Waals surface area (Å²) >= 11 is 0. The second-order valence-corrected chi connectivity index (χ2v) is 2.76. The maximum Gasteiger partial charge on any atom is 0.163 e. The van der Waals surface area contributed by atoms with Crippen molar-refractivity contribution >= 4 is 13.5 Å². The highest BCUT2D eigenvalue weighted by atomic mass is 15.4. The molecule has 2 heterocycles. The molecule has 0 spiro atoms. The van der Waals surface area contributed by atoms with Crippen molar-refractivity contribution < 1.29 is 0 Å². The molecule has 0 aliphatic carbocycles. The van der Waals surface area contributed by atoms with Crippen LogP contribution in [-0.2, 0) is 0 Å². The Morgan fingerprint density at radius 1 is 1.70 bits per heavy atom. The lowest BCUT2D eigenvalue weighted by Crippen LogP contribution is -2.31. The average Bonchev–Trinajstić information content (AvgIpc) is 2.33. The third-order valence-corrected chi connectivity index (χ3v) is 1.92. The van der Waals surface area contributed by atoms with Crippen molar-refractivity contribution in [1.29, 1.82) is 0 Å². The molecule has 0 aromatic heterocycles. The summed E-state index contributed by atoms with van der Waals surface area (Å²) in [6, 6.07) is 0. The molecule has 52 valence electrons. The zero-order valence-electron chi connectivity index (χ0n) is 5.96. The summed E-state index contributed by atoms with van der Waals surface area (Å²) in [4.78, 5) is 4.40. The number of hydrazine groups is 1. The van der Waals surface area contributed by atoms with E-state index >= 15 is 0 Å². The summed E-state index contributed by atoms with van der Waals surface area (Å²) in [5.41, 5.74) is 7.29. The molecule has 0 amide bonds. The van der Waals surface area contributed by atoms with Gasteiger partial charge >= 0.3 is 0 Å². The van der Waals surface area contributed by atoms with Gasteiger partial charge in [-0.15, -0.1) is 0 Å². The summed E-state index contributed by atoms with van der Waals surface area (Å²) in [5.74, 6) is 0.559. The minimum Gasteiger partial charge on any atom is -0.280 e. The largest absolute Gasteiger partial charge is 0.280 e. The van der Waals surface area contributed by atoms with Gasteiger partial charge in [-0.3, -0.25) is 10.4 Å². The fraction of sp³-hybridized carbons (Fsp3) is 0.500. The van der Waals surface area contributed by atoms with Crippen molar-refractivity contribution in [1.82, 2.24) is 10.9 Å². The van der Waals surface area contributed by atoms with E-state index in [0.29, 0.717) is 5.92 Å². The van der Waals surface area contributed by atoms with Crippen LogP contribution < -0.4 is 10.9 Å². The van der Waals surface area contributed by atoms with Crippen LogP contribution in [0, 0.1) is 5.92 Å². The Bertz CT molecular complexity index is 199. The topological polar surface area (TPSA) is 36.4 Å². The van der Waals surface area contributed by atoms with E-state index in [4.69, 9.17) is 0 Å². The lowest BCUT2D eigenvalue weighted by molar-refractivity contribution is 0.533. The van der Waals surface area contributed by atoms with Gasteiger partial charge in [0.1, 0.15) is 6.17 Å². The highest BCUT2D eigenvalue weighted by molar-refractivity contribution is 6.63. The van der Waals surface area contributed by atoms with Crippen molar-refractivity contribution in [3.8, 4) is 0 Å². The second-order valence-electron chi connectivity index (χ2n) is 2.76. The van der Waals surface area contributed by atoms with Crippen molar-refractivity contribution in [2.75, 3.05) is 6.54 Å². The van der Waals surface area contributed by atoms with Gasteiger partial charge < -0.3 is 0 Å². The number of hydrogen-bond acceptors (Lipinski definition) is 3. The first-order valence-corrected chi connectivity index (χ1v) is 3.57. The molecule has 0 saturated carbocycles. The molecule has 0 bridgehead atoms. The third-order valence-electron chi connectivity index (χ3n) is 1.92. The van der Waals surface area contributed by atoms with Crippen LogP contribution in [0.15, 0.2) is 17.1 Å². The molecule has 2 aliphatic rings. The molecule has 10 heavy (non-hydrogen) atoms. The number of fused-ring (bicyclic) bond motifs is 1. The van der Waals surface area contributed by atoms with E-state index in [-0.39, 0.29) is 6.17 Å². The van der Waals surface area contributed by atoms with Crippen LogP contribution in [-0.4, -0.2) is 26.2 Å². The molecule has 1 saturated heterocycles. The van der Waals surface area contributed by atoms with Crippen molar-refractivity contribution in [2.45, 2.75) is 6.17 Å². The van der Waals surface area contributed by atoms with E-state index in [1.54, 1.807) is 0 Å². The number of allylic oxidation sites excluding steroid dienone is 1. The number of aliphatic imine (C=N–C) groups is 1. The summed E-state index contributed by atoms with van der Waals surface area (Å²) in [5, 5.41) is 0. The first-order valence-electron chi connectivity index (χ1n) is 3.57. The average molecular weight is 135 g/mol. The van der Waals surface area contributed by atoms with Gasteiger partial charge in [-0.2, -0.15) is 0 Å². The number of nitrogens with one attached hydrogen (secondary N) is 2. The smallest absolute Gasteiger partial charge is 0.163 e. The Hall–Kier alpha value is -0.605. The number of nitrogens with zero attached hydrogens (tertiary/aromatic N) is 1. The van der Waals surface area contributed by atoms with E-state index < -0.39 is 0 Å². The van der Waals surface area contributed by atoms with Gasteiger partial charge in [0.15, 0.2) is 7.85 Å². The zero-order chi connectivity index (χ0) is 6.97. The molecular formula is C6H10BN3. The van der Waals surface area contributed by atoms with Gasteiger partial charge in [-0.05, 0) is 5.61 Å². The number of dihydropyridines is 1. The Morgan fingerprint density at radius 2 is 2.60 bits per heavy atom. The van der Waals surface area contributed by atoms with Crippen LogP contribution in [0.2, 0.25) is 0 Å². The molecule has 2 aliphatic heterocycles. The van der Waals surface area contributed by atoms with E-state index in [1.165, 1.54) is 0 Å². The molecule has 2 atom stereocenters. The molecule has 0 radical (unpaired) electrons. The number of hydrogen-bond donors (Lipinski definition) is 2. The van der Waals surface area contributed by atoms with E-state index in [2.05, 4.69) is 28.0 Å². The van der Waals surface area contributed by atoms with E-state index in [9.17, 15) is 0 Å². The minimum absolute atomic E-state index is 0.282. The lowest BCUT2D eigenvalue weighted by atomic mass is 9.94. The van der Waals surface area contributed by atoms with Gasteiger partial charge in [0.05, 0.1) is 0 Å². The SMILES string of the molecule is BC1=NC2NNCC2C=C1. The van der Waals surface area contributed by atoms with Crippen LogP contribution in [0.4, 0.5) is 0 Å². The zero-order valence-corrected chi connectivity index (χ0v) is 5.96. The monoisotopic (exact) mass is 135 g/mol. The molecular weight excluding hydrogens is 125 g/mol. The molecule has 0 aromatic rings. The van der Waals surface area contributed by atoms with Gasteiger partial charge in [-0.25, -0.2) is 5.43 Å².